The molecule has 0 saturated heterocycles. The largest absolute Gasteiger partial charge is 0.541 e. The van der Waals surface area contributed by atoms with Crippen molar-refractivity contribution >= 4 is 28.8 Å². The van der Waals surface area contributed by atoms with Gasteiger partial charge in [-0.2, -0.15) is 0 Å². The minimum atomic E-state index is -2.24. The highest BCUT2D eigenvalue weighted by Gasteiger charge is 2.42. The molecule has 0 N–H and O–H groups in total. The molecule has 0 aliphatic carbocycles. The zero-order valence-electron chi connectivity index (χ0n) is 27.9. The molecular formula is C35H50O5Si2. The minimum Gasteiger partial charge on any atom is -0.541 e. The van der Waals surface area contributed by atoms with Crippen LogP contribution in [0.5, 0.6) is 28.7 Å². The number of ether oxygens (including phenoxy) is 3. The number of rotatable bonds is 10. The second-order valence-corrected chi connectivity index (χ2v) is 23.2. The van der Waals surface area contributed by atoms with Gasteiger partial charge in [-0.05, 0) is 71.7 Å². The van der Waals surface area contributed by atoms with E-state index in [9.17, 15) is 0 Å². The molecule has 228 valence electrons. The smallest absolute Gasteiger partial charge is 0.250 e. The molecule has 3 rings (SSSR count). The van der Waals surface area contributed by atoms with Crippen LogP contribution in [-0.2, 0) is 0 Å². The van der Waals surface area contributed by atoms with Crippen LogP contribution in [0.4, 0.5) is 0 Å². The number of benzene rings is 3. The van der Waals surface area contributed by atoms with Crippen LogP contribution in [-0.4, -0.2) is 38.0 Å². The highest BCUT2D eigenvalue weighted by Crippen LogP contribution is 2.47. The Labute approximate surface area is 256 Å². The second kappa shape index (κ2) is 12.6. The van der Waals surface area contributed by atoms with Gasteiger partial charge in [0.15, 0.2) is 17.2 Å². The van der Waals surface area contributed by atoms with E-state index >= 15 is 0 Å². The molecule has 0 bridgehead atoms. The normalized spacial score (nSPS) is 12.8. The third-order valence-corrected chi connectivity index (χ3v) is 17.4. The van der Waals surface area contributed by atoms with Gasteiger partial charge in [0.1, 0.15) is 5.75 Å². The Bertz CT molecular complexity index is 1400. The molecule has 42 heavy (non-hydrogen) atoms. The Morgan fingerprint density at radius 3 is 1.60 bits per heavy atom. The summed E-state index contributed by atoms with van der Waals surface area (Å²) < 4.78 is 31.1. The van der Waals surface area contributed by atoms with Gasteiger partial charge < -0.3 is 23.1 Å². The minimum absolute atomic E-state index is 0.00684. The van der Waals surface area contributed by atoms with Gasteiger partial charge in [-0.15, -0.1) is 0 Å². The van der Waals surface area contributed by atoms with Gasteiger partial charge in [0, 0.05) is 11.1 Å². The summed E-state index contributed by atoms with van der Waals surface area (Å²) >= 11 is 0. The molecule has 0 saturated carbocycles. The molecule has 0 fully saturated rings. The molecule has 3 aromatic rings. The first-order valence-corrected chi connectivity index (χ1v) is 20.4. The average molecular weight is 607 g/mol. The number of hydrogen-bond acceptors (Lipinski definition) is 5. The van der Waals surface area contributed by atoms with Gasteiger partial charge in [-0.3, -0.25) is 0 Å². The lowest BCUT2D eigenvalue weighted by Gasteiger charge is -2.40. The predicted octanol–water partition coefficient (Wildman–Crippen LogP) is 10.3. The van der Waals surface area contributed by atoms with Crippen LogP contribution >= 0.6 is 0 Å². The molecule has 0 spiro atoms. The summed E-state index contributed by atoms with van der Waals surface area (Å²) in [5, 5.41) is 0.0277. The molecule has 3 aromatic carbocycles. The van der Waals surface area contributed by atoms with Crippen molar-refractivity contribution in [3.8, 4) is 39.9 Å². The Kier molecular flexibility index (Phi) is 10.00. The van der Waals surface area contributed by atoms with Crippen molar-refractivity contribution in [2.45, 2.75) is 77.8 Å². The first-order chi connectivity index (χ1) is 19.5. The van der Waals surface area contributed by atoms with E-state index in [1.807, 2.05) is 24.3 Å². The third kappa shape index (κ3) is 7.24. The van der Waals surface area contributed by atoms with E-state index in [4.69, 9.17) is 23.1 Å². The van der Waals surface area contributed by atoms with E-state index < -0.39 is 16.6 Å². The van der Waals surface area contributed by atoms with Crippen LogP contribution in [0.3, 0.4) is 0 Å². The van der Waals surface area contributed by atoms with Crippen molar-refractivity contribution in [2.75, 3.05) is 21.3 Å². The monoisotopic (exact) mass is 606 g/mol. The molecule has 5 nitrogen and oxygen atoms in total. The zero-order chi connectivity index (χ0) is 31.5. The van der Waals surface area contributed by atoms with Crippen LogP contribution in [0.25, 0.3) is 23.3 Å². The Hall–Kier alpha value is -3.17. The Morgan fingerprint density at radius 2 is 1.07 bits per heavy atom. The highest BCUT2D eigenvalue weighted by molar-refractivity contribution is 6.75. The van der Waals surface area contributed by atoms with Crippen molar-refractivity contribution in [1.29, 1.82) is 0 Å². The summed E-state index contributed by atoms with van der Waals surface area (Å²) in [6.07, 6.45) is 4.14. The molecule has 0 radical (unpaired) electrons. The van der Waals surface area contributed by atoms with Gasteiger partial charge in [-0.25, -0.2) is 0 Å². The van der Waals surface area contributed by atoms with Crippen molar-refractivity contribution in [3.05, 3.63) is 65.7 Å². The molecular weight excluding hydrogens is 557 g/mol. The summed E-state index contributed by atoms with van der Waals surface area (Å²) in [6, 6.07) is 18.6. The number of hydrogen-bond donors (Lipinski definition) is 0. The van der Waals surface area contributed by atoms with Crippen molar-refractivity contribution in [1.82, 2.24) is 0 Å². The molecule has 7 heteroatoms. The molecule has 0 unspecified atom stereocenters. The molecule has 0 atom stereocenters. The van der Waals surface area contributed by atoms with E-state index in [0.29, 0.717) is 17.2 Å². The SMILES string of the molecule is COc1ccc(C=Cc2cc(-c3ccccc3)cc(O[Si](C)(C)C(C)(C)C)c2O[Si](C)(C)C(C)(C)C)c(OC)c1OC. The van der Waals surface area contributed by atoms with Crippen LogP contribution in [0.1, 0.15) is 52.7 Å². The topological polar surface area (TPSA) is 46.2 Å². The molecule has 0 heterocycles. The highest BCUT2D eigenvalue weighted by atomic mass is 28.4. The van der Waals surface area contributed by atoms with E-state index in [2.05, 4.69) is 110 Å². The van der Waals surface area contributed by atoms with Crippen molar-refractivity contribution in [2.24, 2.45) is 0 Å². The Morgan fingerprint density at radius 1 is 0.524 bits per heavy atom. The van der Waals surface area contributed by atoms with Gasteiger partial charge in [-0.1, -0.05) is 84.0 Å². The first-order valence-electron chi connectivity index (χ1n) is 14.5. The van der Waals surface area contributed by atoms with E-state index in [1.165, 1.54) is 0 Å². The summed E-state index contributed by atoms with van der Waals surface area (Å²) in [4.78, 5) is 0. The summed E-state index contributed by atoms with van der Waals surface area (Å²) in [7, 11) is 0.432. The van der Waals surface area contributed by atoms with E-state index in [-0.39, 0.29) is 10.1 Å². The lowest BCUT2D eigenvalue weighted by molar-refractivity contribution is 0.324. The van der Waals surface area contributed by atoms with Gasteiger partial charge in [0.25, 0.3) is 16.6 Å². The summed E-state index contributed by atoms with van der Waals surface area (Å²) in [5.41, 5.74) is 4.01. The molecule has 0 amide bonds. The number of methoxy groups -OCH3 is 3. The summed E-state index contributed by atoms with van der Waals surface area (Å²) in [6.45, 7) is 22.7. The summed E-state index contributed by atoms with van der Waals surface area (Å²) in [5.74, 6) is 3.37. The van der Waals surface area contributed by atoms with E-state index in [1.54, 1.807) is 21.3 Å². The quantitative estimate of drug-likeness (QED) is 0.170. The third-order valence-electron chi connectivity index (χ3n) is 8.70. The fraction of sp³-hybridized carbons (Fsp3) is 0.429. The maximum absolute atomic E-state index is 7.11. The van der Waals surface area contributed by atoms with Crippen LogP contribution < -0.4 is 23.1 Å². The van der Waals surface area contributed by atoms with Gasteiger partial charge in [0.2, 0.25) is 5.75 Å². The molecule has 0 aliphatic rings. The molecule has 0 aliphatic heterocycles. The second-order valence-electron chi connectivity index (χ2n) is 13.7. The lowest BCUT2D eigenvalue weighted by Crippen LogP contribution is -2.46. The first kappa shape index (κ1) is 33.3. The molecule has 0 aromatic heterocycles. The average Bonchev–Trinajstić information content (AvgIpc) is 2.91. The standard InChI is InChI=1S/C35H50O5Si2/c1-34(2,3)41(10,11)39-30-24-28(25-17-15-14-16-18-25)23-27(31(30)40-42(12,13)35(4,5)6)20-19-26-21-22-29(36-7)33(38-9)32(26)37-8/h14-24H,1-13H3. The van der Waals surface area contributed by atoms with Crippen LogP contribution in [0.2, 0.25) is 36.3 Å². The Balaban J connectivity index is 2.34. The lowest BCUT2D eigenvalue weighted by atomic mass is 10.0. The zero-order valence-corrected chi connectivity index (χ0v) is 29.9. The van der Waals surface area contributed by atoms with Crippen molar-refractivity contribution < 1.29 is 23.1 Å². The van der Waals surface area contributed by atoms with Gasteiger partial charge in [0.05, 0.1) is 21.3 Å². The van der Waals surface area contributed by atoms with Crippen LogP contribution in [0.15, 0.2) is 54.6 Å². The fourth-order valence-corrected chi connectivity index (χ4v) is 6.04. The van der Waals surface area contributed by atoms with Crippen LogP contribution in [0, 0.1) is 0 Å². The van der Waals surface area contributed by atoms with E-state index in [0.717, 1.165) is 33.8 Å². The van der Waals surface area contributed by atoms with Gasteiger partial charge >= 0.3 is 0 Å². The maximum Gasteiger partial charge on any atom is 0.250 e. The fourth-order valence-electron chi connectivity index (χ4n) is 4.00. The van der Waals surface area contributed by atoms with Crippen molar-refractivity contribution in [3.63, 3.8) is 0 Å². The maximum atomic E-state index is 7.11. The predicted molar refractivity (Wildman–Crippen MR) is 183 cm³/mol.